The van der Waals surface area contributed by atoms with E-state index in [1.807, 2.05) is 24.3 Å². The number of nitrogens with zero attached hydrogens (tertiary/aromatic N) is 1. The summed E-state index contributed by atoms with van der Waals surface area (Å²) in [4.78, 5) is 5.86. The zero-order chi connectivity index (χ0) is 15.0. The maximum atomic E-state index is 13.3. The van der Waals surface area contributed by atoms with Crippen LogP contribution in [0.25, 0.3) is 21.8 Å². The Morgan fingerprint density at radius 1 is 1.00 bits per heavy atom. The fourth-order valence-electron chi connectivity index (χ4n) is 2.02. The lowest BCUT2D eigenvalue weighted by atomic mass is 10.1. The Hall–Kier alpha value is -1.04. The highest BCUT2D eigenvalue weighted by Crippen LogP contribution is 2.34. The Morgan fingerprint density at radius 2 is 1.67 bits per heavy atom. The molecule has 2 aromatic carbocycles. The number of halogens is 3. The van der Waals surface area contributed by atoms with E-state index in [0.29, 0.717) is 4.47 Å². The first-order chi connectivity index (χ1) is 10.0. The van der Waals surface area contributed by atoms with Crippen molar-refractivity contribution >= 4 is 43.2 Å². The molecule has 1 nitrogen and oxygen atoms in total. The molecule has 0 amide bonds. The lowest BCUT2D eigenvalue weighted by molar-refractivity contribution is 0.621. The Labute approximate surface area is 143 Å². The van der Waals surface area contributed by atoms with Gasteiger partial charge in [-0.2, -0.15) is 0 Å². The minimum Gasteiger partial charge on any atom is -0.236 e. The monoisotopic (exact) mass is 425 g/mol. The second kappa shape index (κ2) is 5.99. The van der Waals surface area contributed by atoms with Gasteiger partial charge in [-0.05, 0) is 53.2 Å². The molecule has 0 aliphatic heterocycles. The third-order valence-electron chi connectivity index (χ3n) is 3.08. The van der Waals surface area contributed by atoms with Gasteiger partial charge in [0.25, 0.3) is 0 Å². The first-order valence-corrected chi connectivity index (χ1v) is 8.63. The van der Waals surface area contributed by atoms with Crippen LogP contribution >= 0.6 is 43.2 Å². The molecular formula is C16H10Br2FNS. The second-order valence-electron chi connectivity index (χ2n) is 4.56. The Morgan fingerprint density at radius 3 is 2.33 bits per heavy atom. The van der Waals surface area contributed by atoms with Crippen LogP contribution in [0.3, 0.4) is 0 Å². The van der Waals surface area contributed by atoms with E-state index >= 15 is 0 Å². The zero-order valence-electron chi connectivity index (χ0n) is 11.0. The van der Waals surface area contributed by atoms with Crippen LogP contribution in [-0.2, 0) is 0 Å². The average Bonchev–Trinajstić information content (AvgIpc) is 2.85. The molecule has 0 atom stereocenters. The van der Waals surface area contributed by atoms with Gasteiger partial charge in [-0.15, -0.1) is 11.3 Å². The summed E-state index contributed by atoms with van der Waals surface area (Å²) in [5.74, 6) is -0.264. The molecule has 1 aromatic heterocycles. The van der Waals surface area contributed by atoms with Crippen LogP contribution in [0.15, 0.2) is 51.4 Å². The largest absolute Gasteiger partial charge is 0.236 e. The molecule has 0 spiro atoms. The highest BCUT2D eigenvalue weighted by molar-refractivity contribution is 9.10. The van der Waals surface area contributed by atoms with Crippen molar-refractivity contribution in [3.05, 3.63) is 62.1 Å². The molecule has 0 aliphatic carbocycles. The highest BCUT2D eigenvalue weighted by atomic mass is 79.9. The lowest BCUT2D eigenvalue weighted by Gasteiger charge is -1.99. The number of benzene rings is 2. The predicted molar refractivity (Wildman–Crippen MR) is 93.1 cm³/mol. The normalized spacial score (nSPS) is 10.9. The predicted octanol–water partition coefficient (Wildman–Crippen LogP) is 6.45. The summed E-state index contributed by atoms with van der Waals surface area (Å²) in [5.41, 5.74) is 2.97. The molecule has 0 N–H and O–H groups in total. The van der Waals surface area contributed by atoms with Crippen molar-refractivity contribution in [2.75, 3.05) is 0 Å². The Bertz CT molecular complexity index is 797. The van der Waals surface area contributed by atoms with Gasteiger partial charge >= 0.3 is 0 Å². The summed E-state index contributed by atoms with van der Waals surface area (Å²) < 4.78 is 14.8. The van der Waals surface area contributed by atoms with Crippen molar-refractivity contribution in [2.24, 2.45) is 0 Å². The van der Waals surface area contributed by atoms with Crippen LogP contribution in [0.5, 0.6) is 0 Å². The van der Waals surface area contributed by atoms with E-state index in [1.54, 1.807) is 23.5 Å². The number of rotatable bonds is 2. The van der Waals surface area contributed by atoms with Gasteiger partial charge in [-0.25, -0.2) is 9.37 Å². The van der Waals surface area contributed by atoms with E-state index in [2.05, 4.69) is 38.8 Å². The number of aromatic nitrogens is 1. The van der Waals surface area contributed by atoms with Crippen LogP contribution in [-0.4, -0.2) is 4.98 Å². The zero-order valence-corrected chi connectivity index (χ0v) is 15.0. The number of hydrogen-bond acceptors (Lipinski definition) is 2. The second-order valence-corrected chi connectivity index (χ2v) is 7.53. The van der Waals surface area contributed by atoms with Gasteiger partial charge in [0.2, 0.25) is 0 Å². The molecule has 1 heterocycles. The molecule has 5 heteroatoms. The van der Waals surface area contributed by atoms with Crippen molar-refractivity contribution in [1.82, 2.24) is 4.98 Å². The SMILES string of the molecule is Cc1sc(-c2ccc(F)c(Br)c2)nc1-c1ccc(Br)cc1. The fourth-order valence-corrected chi connectivity index (χ4v) is 3.60. The van der Waals surface area contributed by atoms with Gasteiger partial charge in [-0.3, -0.25) is 0 Å². The standard InChI is InChI=1S/C16H10Br2FNS/c1-9-15(10-2-5-12(17)6-3-10)20-16(21-9)11-4-7-14(19)13(18)8-11/h2-8H,1H3. The summed E-state index contributed by atoms with van der Waals surface area (Å²) in [5, 5.41) is 0.895. The molecule has 21 heavy (non-hydrogen) atoms. The topological polar surface area (TPSA) is 12.9 Å². The summed E-state index contributed by atoms with van der Waals surface area (Å²) in [6, 6.07) is 13.1. The van der Waals surface area contributed by atoms with Crippen LogP contribution in [0.4, 0.5) is 4.39 Å². The van der Waals surface area contributed by atoms with Gasteiger partial charge < -0.3 is 0 Å². The third-order valence-corrected chi connectivity index (χ3v) is 5.24. The van der Waals surface area contributed by atoms with E-state index in [4.69, 9.17) is 4.98 Å². The van der Waals surface area contributed by atoms with E-state index in [0.717, 1.165) is 31.2 Å². The van der Waals surface area contributed by atoms with Crippen molar-refractivity contribution in [2.45, 2.75) is 6.92 Å². The fraction of sp³-hybridized carbons (Fsp3) is 0.0625. The smallest absolute Gasteiger partial charge is 0.137 e. The van der Waals surface area contributed by atoms with Gasteiger partial charge in [0.05, 0.1) is 10.2 Å². The molecule has 0 saturated heterocycles. The van der Waals surface area contributed by atoms with Crippen molar-refractivity contribution in [3.8, 4) is 21.8 Å². The summed E-state index contributed by atoms with van der Waals surface area (Å²) in [6.07, 6.45) is 0. The molecule has 106 valence electrons. The maximum absolute atomic E-state index is 13.3. The van der Waals surface area contributed by atoms with Gasteiger partial charge in [0, 0.05) is 20.5 Å². The third kappa shape index (κ3) is 3.10. The quantitative estimate of drug-likeness (QED) is 0.458. The van der Waals surface area contributed by atoms with Crippen LogP contribution < -0.4 is 0 Å². The van der Waals surface area contributed by atoms with Gasteiger partial charge in [0.15, 0.2) is 0 Å². The van der Waals surface area contributed by atoms with E-state index in [-0.39, 0.29) is 5.82 Å². The van der Waals surface area contributed by atoms with Crippen LogP contribution in [0, 0.1) is 12.7 Å². The molecule has 3 aromatic rings. The molecule has 0 bridgehead atoms. The molecular weight excluding hydrogens is 417 g/mol. The maximum Gasteiger partial charge on any atom is 0.137 e. The number of hydrogen-bond donors (Lipinski definition) is 0. The molecule has 0 saturated carbocycles. The molecule has 0 radical (unpaired) electrons. The molecule has 0 fully saturated rings. The first kappa shape index (κ1) is 14.9. The molecule has 3 rings (SSSR count). The highest BCUT2D eigenvalue weighted by Gasteiger charge is 2.12. The van der Waals surface area contributed by atoms with Crippen LogP contribution in [0.2, 0.25) is 0 Å². The first-order valence-electron chi connectivity index (χ1n) is 6.23. The minimum atomic E-state index is -0.264. The molecule has 0 unspecified atom stereocenters. The Balaban J connectivity index is 2.04. The van der Waals surface area contributed by atoms with Crippen LogP contribution in [0.1, 0.15) is 4.88 Å². The number of thiazole rings is 1. The summed E-state index contributed by atoms with van der Waals surface area (Å²) in [6.45, 7) is 2.05. The number of aryl methyl sites for hydroxylation is 1. The lowest BCUT2D eigenvalue weighted by Crippen LogP contribution is -1.83. The van der Waals surface area contributed by atoms with Gasteiger partial charge in [-0.1, -0.05) is 28.1 Å². The molecule has 0 aliphatic rings. The average molecular weight is 427 g/mol. The summed E-state index contributed by atoms with van der Waals surface area (Å²) in [7, 11) is 0. The van der Waals surface area contributed by atoms with Crippen molar-refractivity contribution < 1.29 is 4.39 Å². The van der Waals surface area contributed by atoms with Gasteiger partial charge in [0.1, 0.15) is 10.8 Å². The summed E-state index contributed by atoms with van der Waals surface area (Å²) >= 11 is 8.27. The van der Waals surface area contributed by atoms with Crippen molar-refractivity contribution in [1.29, 1.82) is 0 Å². The minimum absolute atomic E-state index is 0.264. The van der Waals surface area contributed by atoms with Crippen molar-refractivity contribution in [3.63, 3.8) is 0 Å². The Kier molecular flexibility index (Phi) is 4.24. The van der Waals surface area contributed by atoms with E-state index in [9.17, 15) is 4.39 Å². The van der Waals surface area contributed by atoms with E-state index in [1.165, 1.54) is 6.07 Å². The van der Waals surface area contributed by atoms with E-state index < -0.39 is 0 Å².